The molecule has 0 aromatic heterocycles. The number of benzene rings is 1. The second-order valence-electron chi connectivity index (χ2n) is 4.06. The summed E-state index contributed by atoms with van der Waals surface area (Å²) in [6, 6.07) is 7.01. The first-order valence-electron chi connectivity index (χ1n) is 5.69. The summed E-state index contributed by atoms with van der Waals surface area (Å²) in [5, 5.41) is 11.4. The fourth-order valence-corrected chi connectivity index (χ4v) is 1.40. The van der Waals surface area contributed by atoms with Crippen molar-refractivity contribution in [3.05, 3.63) is 24.3 Å². The molecule has 0 bridgehead atoms. The molecule has 0 fully saturated rings. The summed E-state index contributed by atoms with van der Waals surface area (Å²) in [5.74, 6) is -0.937. The van der Waals surface area contributed by atoms with Crippen LogP contribution in [0.25, 0.3) is 0 Å². The maximum absolute atomic E-state index is 11.6. The van der Waals surface area contributed by atoms with Crippen molar-refractivity contribution < 1.29 is 19.4 Å². The number of carboxylic acid groups (broad SMARTS) is 1. The minimum Gasteiger partial charge on any atom is -0.497 e. The molecule has 1 amide bonds. The third-order valence-electron chi connectivity index (χ3n) is 2.58. The highest BCUT2D eigenvalue weighted by Crippen LogP contribution is 2.17. The van der Waals surface area contributed by atoms with Gasteiger partial charge in [-0.15, -0.1) is 0 Å². The van der Waals surface area contributed by atoms with Crippen LogP contribution in [0.15, 0.2) is 24.3 Å². The number of carbonyl (C=O) groups is 2. The smallest absolute Gasteiger partial charge is 0.306 e. The van der Waals surface area contributed by atoms with Gasteiger partial charge in [0.2, 0.25) is 5.91 Å². The molecule has 1 atom stereocenters. The largest absolute Gasteiger partial charge is 0.497 e. The summed E-state index contributed by atoms with van der Waals surface area (Å²) in [6.07, 6.45) is 0.510. The first-order valence-corrected chi connectivity index (χ1v) is 5.69. The molecule has 0 saturated heterocycles. The van der Waals surface area contributed by atoms with Gasteiger partial charge < -0.3 is 15.2 Å². The number of carboxylic acids is 1. The van der Waals surface area contributed by atoms with Gasteiger partial charge >= 0.3 is 5.97 Å². The standard InChI is InChI=1S/C13H17NO4/c1-9(13(16)17)6-7-12(15)14-10-4-3-5-11(8-10)18-2/h3-5,8-9H,6-7H2,1-2H3,(H,14,15)(H,16,17). The van der Waals surface area contributed by atoms with Crippen LogP contribution in [0.1, 0.15) is 19.8 Å². The van der Waals surface area contributed by atoms with E-state index in [0.29, 0.717) is 17.9 Å². The van der Waals surface area contributed by atoms with Crippen LogP contribution in [0.5, 0.6) is 5.75 Å². The van der Waals surface area contributed by atoms with Crippen LogP contribution in [-0.4, -0.2) is 24.1 Å². The molecule has 1 rings (SSSR count). The molecule has 0 spiro atoms. The molecule has 0 saturated carbocycles. The van der Waals surface area contributed by atoms with E-state index in [1.807, 2.05) is 0 Å². The van der Waals surface area contributed by atoms with Gasteiger partial charge in [0, 0.05) is 18.2 Å². The number of rotatable bonds is 6. The number of hydrogen-bond donors (Lipinski definition) is 2. The van der Waals surface area contributed by atoms with Crippen LogP contribution in [-0.2, 0) is 9.59 Å². The molecule has 1 aromatic rings. The fraction of sp³-hybridized carbons (Fsp3) is 0.385. The van der Waals surface area contributed by atoms with Crippen molar-refractivity contribution in [2.45, 2.75) is 19.8 Å². The summed E-state index contributed by atoms with van der Waals surface area (Å²) >= 11 is 0. The number of amides is 1. The number of nitrogens with one attached hydrogen (secondary N) is 1. The number of anilines is 1. The molecule has 0 aliphatic heterocycles. The number of hydrogen-bond acceptors (Lipinski definition) is 3. The highest BCUT2D eigenvalue weighted by Gasteiger charge is 2.13. The monoisotopic (exact) mass is 251 g/mol. The van der Waals surface area contributed by atoms with Gasteiger partial charge in [0.25, 0.3) is 0 Å². The lowest BCUT2D eigenvalue weighted by Gasteiger charge is -2.08. The molecule has 0 radical (unpaired) electrons. The summed E-state index contributed by atoms with van der Waals surface area (Å²) in [5.41, 5.74) is 0.641. The third-order valence-corrected chi connectivity index (χ3v) is 2.58. The van der Waals surface area contributed by atoms with Crippen molar-refractivity contribution in [3.8, 4) is 5.75 Å². The molecular formula is C13H17NO4. The van der Waals surface area contributed by atoms with E-state index in [9.17, 15) is 9.59 Å². The van der Waals surface area contributed by atoms with Gasteiger partial charge in [0.15, 0.2) is 0 Å². The Morgan fingerprint density at radius 2 is 2.17 bits per heavy atom. The van der Waals surface area contributed by atoms with Gasteiger partial charge in [-0.1, -0.05) is 13.0 Å². The summed E-state index contributed by atoms with van der Waals surface area (Å²) in [7, 11) is 1.55. The summed E-state index contributed by atoms with van der Waals surface area (Å²) in [4.78, 5) is 22.2. The molecule has 2 N–H and O–H groups in total. The lowest BCUT2D eigenvalue weighted by atomic mass is 10.1. The maximum Gasteiger partial charge on any atom is 0.306 e. The van der Waals surface area contributed by atoms with Gasteiger partial charge in [0.1, 0.15) is 5.75 Å². The van der Waals surface area contributed by atoms with Gasteiger partial charge in [0.05, 0.1) is 13.0 Å². The average molecular weight is 251 g/mol. The van der Waals surface area contributed by atoms with E-state index in [1.165, 1.54) is 0 Å². The highest BCUT2D eigenvalue weighted by molar-refractivity contribution is 5.91. The van der Waals surface area contributed by atoms with Crippen LogP contribution in [0.3, 0.4) is 0 Å². The minimum atomic E-state index is -0.885. The minimum absolute atomic E-state index is 0.185. The second-order valence-corrected chi connectivity index (χ2v) is 4.06. The van der Waals surface area contributed by atoms with E-state index in [2.05, 4.69) is 5.32 Å². The normalized spacial score (nSPS) is 11.7. The Hall–Kier alpha value is -2.04. The van der Waals surface area contributed by atoms with E-state index in [0.717, 1.165) is 0 Å². The summed E-state index contributed by atoms with van der Waals surface area (Å²) in [6.45, 7) is 1.58. The number of carbonyl (C=O) groups excluding carboxylic acids is 1. The zero-order chi connectivity index (χ0) is 13.5. The number of methoxy groups -OCH3 is 1. The third kappa shape index (κ3) is 4.45. The molecule has 0 aliphatic carbocycles. The van der Waals surface area contributed by atoms with Gasteiger partial charge in [-0.05, 0) is 18.6 Å². The lowest BCUT2D eigenvalue weighted by Crippen LogP contribution is -2.16. The molecule has 5 nitrogen and oxygen atoms in total. The van der Waals surface area contributed by atoms with Gasteiger partial charge in [-0.3, -0.25) is 9.59 Å². The first kappa shape index (κ1) is 14.0. The zero-order valence-electron chi connectivity index (χ0n) is 10.5. The molecular weight excluding hydrogens is 234 g/mol. The molecule has 0 aliphatic rings. The number of aliphatic carboxylic acids is 1. The average Bonchev–Trinajstić information content (AvgIpc) is 2.36. The highest BCUT2D eigenvalue weighted by atomic mass is 16.5. The Bertz CT molecular complexity index is 431. The Morgan fingerprint density at radius 1 is 1.44 bits per heavy atom. The predicted molar refractivity (Wildman–Crippen MR) is 67.7 cm³/mol. The van der Waals surface area contributed by atoms with E-state index >= 15 is 0 Å². The van der Waals surface area contributed by atoms with Crippen molar-refractivity contribution in [2.75, 3.05) is 12.4 Å². The molecule has 98 valence electrons. The van der Waals surface area contributed by atoms with E-state index in [-0.39, 0.29) is 12.3 Å². The fourth-order valence-electron chi connectivity index (χ4n) is 1.40. The number of ether oxygens (including phenoxy) is 1. The molecule has 1 aromatic carbocycles. The Labute approximate surface area is 106 Å². The van der Waals surface area contributed by atoms with E-state index < -0.39 is 11.9 Å². The quantitative estimate of drug-likeness (QED) is 0.812. The van der Waals surface area contributed by atoms with Gasteiger partial charge in [-0.25, -0.2) is 0 Å². The molecule has 0 heterocycles. The zero-order valence-corrected chi connectivity index (χ0v) is 10.5. The first-order chi connectivity index (χ1) is 8.52. The van der Waals surface area contributed by atoms with Crippen LogP contribution in [0, 0.1) is 5.92 Å². The Kier molecular flexibility index (Phi) is 5.17. The summed E-state index contributed by atoms with van der Waals surface area (Å²) < 4.78 is 5.04. The maximum atomic E-state index is 11.6. The van der Waals surface area contributed by atoms with E-state index in [1.54, 1.807) is 38.3 Å². The molecule has 5 heteroatoms. The lowest BCUT2D eigenvalue weighted by molar-refractivity contribution is -0.141. The Morgan fingerprint density at radius 3 is 2.78 bits per heavy atom. The van der Waals surface area contributed by atoms with Crippen LogP contribution < -0.4 is 10.1 Å². The topological polar surface area (TPSA) is 75.6 Å². The van der Waals surface area contributed by atoms with Crippen molar-refractivity contribution in [1.29, 1.82) is 0 Å². The second kappa shape index (κ2) is 6.64. The predicted octanol–water partition coefficient (Wildman–Crippen LogP) is 2.13. The SMILES string of the molecule is COc1cccc(NC(=O)CCC(C)C(=O)O)c1. The van der Waals surface area contributed by atoms with Crippen LogP contribution in [0.2, 0.25) is 0 Å². The van der Waals surface area contributed by atoms with Crippen molar-refractivity contribution in [1.82, 2.24) is 0 Å². The van der Waals surface area contributed by atoms with Crippen LogP contribution >= 0.6 is 0 Å². The van der Waals surface area contributed by atoms with E-state index in [4.69, 9.17) is 9.84 Å². The Balaban J connectivity index is 2.46. The van der Waals surface area contributed by atoms with Crippen molar-refractivity contribution in [2.24, 2.45) is 5.92 Å². The molecule has 18 heavy (non-hydrogen) atoms. The van der Waals surface area contributed by atoms with Crippen molar-refractivity contribution >= 4 is 17.6 Å². The van der Waals surface area contributed by atoms with Gasteiger partial charge in [-0.2, -0.15) is 0 Å². The van der Waals surface area contributed by atoms with Crippen molar-refractivity contribution in [3.63, 3.8) is 0 Å². The molecule has 1 unspecified atom stereocenters. The van der Waals surface area contributed by atoms with Crippen LogP contribution in [0.4, 0.5) is 5.69 Å².